The van der Waals surface area contributed by atoms with Crippen molar-refractivity contribution in [3.63, 3.8) is 0 Å². The van der Waals surface area contributed by atoms with Crippen molar-refractivity contribution in [2.75, 3.05) is 5.32 Å². The molecule has 5 rings (SSSR count). The number of benzene rings is 4. The van der Waals surface area contributed by atoms with Crippen LogP contribution in [0, 0.1) is 0 Å². The molecular formula is C28H18ClF3N4O2. The maximum atomic E-state index is 12.9. The van der Waals surface area contributed by atoms with Gasteiger partial charge in [-0.3, -0.25) is 4.79 Å². The Morgan fingerprint density at radius 1 is 0.842 bits per heavy atom. The number of nitrogens with one attached hydrogen (secondary N) is 1. The van der Waals surface area contributed by atoms with Gasteiger partial charge in [-0.1, -0.05) is 48.0 Å². The van der Waals surface area contributed by atoms with Gasteiger partial charge in [0, 0.05) is 11.3 Å². The van der Waals surface area contributed by atoms with Gasteiger partial charge in [-0.05, 0) is 71.8 Å². The molecule has 1 N–H and O–H groups in total. The minimum atomic E-state index is -4.76. The van der Waals surface area contributed by atoms with E-state index in [1.54, 1.807) is 36.4 Å². The number of anilines is 1. The van der Waals surface area contributed by atoms with Crippen LogP contribution >= 0.6 is 11.6 Å². The highest BCUT2D eigenvalue weighted by molar-refractivity contribution is 6.34. The van der Waals surface area contributed by atoms with E-state index >= 15 is 0 Å². The minimum Gasteiger partial charge on any atom is -0.406 e. The molecule has 38 heavy (non-hydrogen) atoms. The monoisotopic (exact) mass is 534 g/mol. The van der Waals surface area contributed by atoms with Gasteiger partial charge in [-0.15, -0.1) is 18.3 Å². The standard InChI is InChI=1S/C28H18ClF3N4O2/c29-25-15-8-20(18-4-2-1-3-5-18)16-24(25)27(37)34-21-9-6-19(7-10-21)26-33-17-36(35-26)22-11-13-23(14-12-22)38-28(30,31)32/h1-17H,(H,34,37). The van der Waals surface area contributed by atoms with Crippen LogP contribution in [0.5, 0.6) is 5.75 Å². The first-order valence-corrected chi connectivity index (χ1v) is 11.7. The summed E-state index contributed by atoms with van der Waals surface area (Å²) < 4.78 is 42.4. The number of nitrogens with zero attached hydrogens (tertiary/aromatic N) is 3. The van der Waals surface area contributed by atoms with Crippen LogP contribution in [0.3, 0.4) is 0 Å². The smallest absolute Gasteiger partial charge is 0.406 e. The molecule has 1 aromatic heterocycles. The summed E-state index contributed by atoms with van der Waals surface area (Å²) in [6, 6.07) is 27.2. The molecule has 0 radical (unpaired) electrons. The zero-order valence-electron chi connectivity index (χ0n) is 19.5. The first-order chi connectivity index (χ1) is 18.2. The van der Waals surface area contributed by atoms with E-state index in [0.29, 0.717) is 33.3 Å². The van der Waals surface area contributed by atoms with Gasteiger partial charge in [0.25, 0.3) is 5.91 Å². The van der Waals surface area contributed by atoms with E-state index in [0.717, 1.165) is 11.1 Å². The maximum absolute atomic E-state index is 12.9. The zero-order chi connectivity index (χ0) is 26.7. The van der Waals surface area contributed by atoms with Crippen LogP contribution in [-0.2, 0) is 0 Å². The molecule has 190 valence electrons. The third kappa shape index (κ3) is 5.84. The van der Waals surface area contributed by atoms with E-state index in [-0.39, 0.29) is 11.7 Å². The molecule has 6 nitrogen and oxygen atoms in total. The lowest BCUT2D eigenvalue weighted by atomic mass is 10.0. The van der Waals surface area contributed by atoms with Gasteiger partial charge in [-0.25, -0.2) is 9.67 Å². The fourth-order valence-corrected chi connectivity index (χ4v) is 3.93. The van der Waals surface area contributed by atoms with Crippen molar-refractivity contribution >= 4 is 23.2 Å². The third-order valence-electron chi connectivity index (χ3n) is 5.55. The second-order valence-electron chi connectivity index (χ2n) is 8.15. The molecule has 0 bridgehead atoms. The van der Waals surface area contributed by atoms with Crippen molar-refractivity contribution in [3.05, 3.63) is 114 Å². The number of aromatic nitrogens is 3. The van der Waals surface area contributed by atoms with Crippen LogP contribution < -0.4 is 10.1 Å². The molecule has 0 atom stereocenters. The Labute approximate surface area is 220 Å². The normalized spacial score (nSPS) is 11.3. The van der Waals surface area contributed by atoms with E-state index in [9.17, 15) is 18.0 Å². The number of carbonyl (C=O) groups is 1. The number of halogens is 4. The quantitative estimate of drug-likeness (QED) is 0.246. The summed E-state index contributed by atoms with van der Waals surface area (Å²) in [7, 11) is 0. The molecule has 0 aliphatic rings. The number of hydrogen-bond acceptors (Lipinski definition) is 4. The molecule has 0 aliphatic heterocycles. The van der Waals surface area contributed by atoms with Gasteiger partial charge in [-0.2, -0.15) is 0 Å². The number of alkyl halides is 3. The second kappa shape index (κ2) is 10.4. The van der Waals surface area contributed by atoms with Gasteiger partial charge < -0.3 is 10.1 Å². The van der Waals surface area contributed by atoms with Crippen LogP contribution in [0.15, 0.2) is 103 Å². The molecule has 0 spiro atoms. The predicted octanol–water partition coefficient (Wildman–Crippen LogP) is 7.41. The Morgan fingerprint density at radius 3 is 2.21 bits per heavy atom. The summed E-state index contributed by atoms with van der Waals surface area (Å²) in [6.45, 7) is 0. The van der Waals surface area contributed by atoms with Crippen molar-refractivity contribution in [2.45, 2.75) is 6.36 Å². The third-order valence-corrected chi connectivity index (χ3v) is 5.88. The van der Waals surface area contributed by atoms with E-state index < -0.39 is 6.36 Å². The molecule has 0 saturated carbocycles. The Balaban J connectivity index is 1.28. The van der Waals surface area contributed by atoms with Gasteiger partial charge >= 0.3 is 6.36 Å². The molecule has 1 amide bonds. The number of ether oxygens (including phenoxy) is 1. The summed E-state index contributed by atoms with van der Waals surface area (Å²) >= 11 is 6.30. The van der Waals surface area contributed by atoms with Gasteiger partial charge in [0.05, 0.1) is 16.3 Å². The van der Waals surface area contributed by atoms with Crippen LogP contribution in [0.4, 0.5) is 18.9 Å². The number of hydrogen-bond donors (Lipinski definition) is 1. The van der Waals surface area contributed by atoms with Crippen molar-refractivity contribution in [1.82, 2.24) is 14.8 Å². The Morgan fingerprint density at radius 2 is 1.53 bits per heavy atom. The lowest BCUT2D eigenvalue weighted by molar-refractivity contribution is -0.274. The average Bonchev–Trinajstić information content (AvgIpc) is 3.40. The van der Waals surface area contributed by atoms with Crippen molar-refractivity contribution < 1.29 is 22.7 Å². The molecule has 10 heteroatoms. The lowest BCUT2D eigenvalue weighted by Crippen LogP contribution is -2.17. The molecule has 5 aromatic rings. The van der Waals surface area contributed by atoms with Crippen LogP contribution in [-0.4, -0.2) is 27.0 Å². The summed E-state index contributed by atoms with van der Waals surface area (Å²) in [5, 5.41) is 7.57. The second-order valence-corrected chi connectivity index (χ2v) is 8.55. The lowest BCUT2D eigenvalue weighted by Gasteiger charge is -2.10. The minimum absolute atomic E-state index is 0.327. The first kappa shape index (κ1) is 25.0. The Bertz CT molecular complexity index is 1570. The van der Waals surface area contributed by atoms with E-state index in [1.165, 1.54) is 35.3 Å². The van der Waals surface area contributed by atoms with E-state index in [2.05, 4.69) is 20.1 Å². The molecule has 0 aliphatic carbocycles. The van der Waals surface area contributed by atoms with Crippen LogP contribution in [0.25, 0.3) is 28.2 Å². The van der Waals surface area contributed by atoms with Gasteiger partial charge in [0.15, 0.2) is 5.82 Å². The maximum Gasteiger partial charge on any atom is 0.573 e. The first-order valence-electron chi connectivity index (χ1n) is 11.3. The Hall–Kier alpha value is -4.63. The van der Waals surface area contributed by atoms with Crippen molar-refractivity contribution in [3.8, 4) is 34.0 Å². The highest BCUT2D eigenvalue weighted by Gasteiger charge is 2.31. The predicted molar refractivity (Wildman–Crippen MR) is 138 cm³/mol. The van der Waals surface area contributed by atoms with Crippen LogP contribution in [0.2, 0.25) is 5.02 Å². The fraction of sp³-hybridized carbons (Fsp3) is 0.0357. The van der Waals surface area contributed by atoms with E-state index in [4.69, 9.17) is 11.6 Å². The number of carbonyl (C=O) groups excluding carboxylic acids is 1. The molecule has 0 saturated heterocycles. The highest BCUT2D eigenvalue weighted by atomic mass is 35.5. The summed E-state index contributed by atoms with van der Waals surface area (Å²) in [5.41, 5.74) is 3.95. The van der Waals surface area contributed by atoms with Gasteiger partial charge in [0.2, 0.25) is 0 Å². The van der Waals surface area contributed by atoms with Crippen LogP contribution in [0.1, 0.15) is 10.4 Å². The highest BCUT2D eigenvalue weighted by Crippen LogP contribution is 2.27. The molecular weight excluding hydrogens is 517 g/mol. The van der Waals surface area contributed by atoms with Crippen molar-refractivity contribution in [1.29, 1.82) is 0 Å². The SMILES string of the molecule is O=C(Nc1ccc(-c2ncn(-c3ccc(OC(F)(F)F)cc3)n2)cc1)c1cc(-c2ccccc2)ccc1Cl. The zero-order valence-corrected chi connectivity index (χ0v) is 20.2. The summed E-state index contributed by atoms with van der Waals surface area (Å²) in [4.78, 5) is 17.2. The summed E-state index contributed by atoms with van der Waals surface area (Å²) in [5.74, 6) is -0.273. The fourth-order valence-electron chi connectivity index (χ4n) is 3.73. The number of rotatable bonds is 6. The Kier molecular flexibility index (Phi) is 6.85. The average molecular weight is 535 g/mol. The summed E-state index contributed by atoms with van der Waals surface area (Å²) in [6.07, 6.45) is -3.31. The molecule has 0 fully saturated rings. The largest absolute Gasteiger partial charge is 0.573 e. The van der Waals surface area contributed by atoms with Crippen molar-refractivity contribution in [2.24, 2.45) is 0 Å². The molecule has 4 aromatic carbocycles. The van der Waals surface area contributed by atoms with E-state index in [1.807, 2.05) is 36.4 Å². The number of amides is 1. The molecule has 0 unspecified atom stereocenters. The van der Waals surface area contributed by atoms with Gasteiger partial charge in [0.1, 0.15) is 12.1 Å². The molecule has 1 heterocycles. The topological polar surface area (TPSA) is 69.0 Å².